The summed E-state index contributed by atoms with van der Waals surface area (Å²) in [7, 11) is 0. The summed E-state index contributed by atoms with van der Waals surface area (Å²) < 4.78 is 0. The Kier molecular flexibility index (Phi) is 3.57. The molecule has 0 aliphatic carbocycles. The summed E-state index contributed by atoms with van der Waals surface area (Å²) in [6.45, 7) is 2.46. The first kappa shape index (κ1) is 12.1. The predicted molar refractivity (Wildman–Crippen MR) is 71.6 cm³/mol. The topological polar surface area (TPSA) is 55.2 Å². The van der Waals surface area contributed by atoms with E-state index in [-0.39, 0.29) is 10.6 Å². The smallest absolute Gasteiger partial charge is 0.274 e. The molecule has 0 amide bonds. The summed E-state index contributed by atoms with van der Waals surface area (Å²) in [5.74, 6) is 0. The third-order valence-electron chi connectivity index (χ3n) is 2.72. The first-order chi connectivity index (χ1) is 8.66. The fourth-order valence-electron chi connectivity index (χ4n) is 1.71. The SMILES string of the molecule is Cc1ccc(NCc2ccccc2[N+](=O)[O-])cc1. The number of anilines is 1. The van der Waals surface area contributed by atoms with E-state index in [9.17, 15) is 10.1 Å². The van der Waals surface area contributed by atoms with Gasteiger partial charge in [-0.2, -0.15) is 0 Å². The molecule has 0 atom stereocenters. The lowest BCUT2D eigenvalue weighted by Gasteiger charge is -2.07. The number of benzene rings is 2. The highest BCUT2D eigenvalue weighted by Gasteiger charge is 2.11. The molecule has 2 aromatic rings. The maximum Gasteiger partial charge on any atom is 0.274 e. The summed E-state index contributed by atoms with van der Waals surface area (Å²) in [6.07, 6.45) is 0. The minimum atomic E-state index is -0.355. The first-order valence-corrected chi connectivity index (χ1v) is 5.69. The largest absolute Gasteiger partial charge is 0.381 e. The van der Waals surface area contributed by atoms with Gasteiger partial charge in [0, 0.05) is 23.9 Å². The van der Waals surface area contributed by atoms with Gasteiger partial charge in [0.25, 0.3) is 5.69 Å². The quantitative estimate of drug-likeness (QED) is 0.659. The average Bonchev–Trinajstić information content (AvgIpc) is 2.38. The van der Waals surface area contributed by atoms with Crippen LogP contribution in [0.15, 0.2) is 48.5 Å². The van der Waals surface area contributed by atoms with Crippen LogP contribution in [0.2, 0.25) is 0 Å². The molecule has 18 heavy (non-hydrogen) atoms. The standard InChI is InChI=1S/C14H14N2O2/c1-11-6-8-13(9-7-11)15-10-12-4-2-3-5-14(12)16(17)18/h2-9,15H,10H2,1H3. The molecule has 2 rings (SSSR count). The Morgan fingerprint density at radius 3 is 2.44 bits per heavy atom. The van der Waals surface area contributed by atoms with Crippen LogP contribution in [-0.4, -0.2) is 4.92 Å². The number of nitro benzene ring substituents is 1. The summed E-state index contributed by atoms with van der Waals surface area (Å²) in [4.78, 5) is 10.5. The molecule has 1 N–H and O–H groups in total. The maximum atomic E-state index is 10.9. The van der Waals surface area contributed by atoms with Crippen molar-refractivity contribution < 1.29 is 4.92 Å². The molecule has 92 valence electrons. The van der Waals surface area contributed by atoms with Gasteiger partial charge >= 0.3 is 0 Å². The summed E-state index contributed by atoms with van der Waals surface area (Å²) in [5, 5.41) is 14.0. The van der Waals surface area contributed by atoms with Gasteiger partial charge in [0.05, 0.1) is 4.92 Å². The Balaban J connectivity index is 2.10. The van der Waals surface area contributed by atoms with Gasteiger partial charge < -0.3 is 5.32 Å². The number of para-hydroxylation sites is 1. The molecule has 0 saturated heterocycles. The van der Waals surface area contributed by atoms with E-state index in [1.807, 2.05) is 31.2 Å². The lowest BCUT2D eigenvalue weighted by atomic mass is 10.1. The highest BCUT2D eigenvalue weighted by atomic mass is 16.6. The van der Waals surface area contributed by atoms with Crippen molar-refractivity contribution in [3.05, 3.63) is 69.8 Å². The fourth-order valence-corrected chi connectivity index (χ4v) is 1.71. The molecular formula is C14H14N2O2. The van der Waals surface area contributed by atoms with Gasteiger partial charge in [-0.05, 0) is 19.1 Å². The van der Waals surface area contributed by atoms with Crippen LogP contribution in [0.1, 0.15) is 11.1 Å². The Morgan fingerprint density at radius 2 is 1.78 bits per heavy atom. The second kappa shape index (κ2) is 5.31. The Hall–Kier alpha value is -2.36. The molecule has 4 heteroatoms. The molecule has 0 fully saturated rings. The van der Waals surface area contributed by atoms with Gasteiger partial charge in [-0.1, -0.05) is 35.9 Å². The lowest BCUT2D eigenvalue weighted by molar-refractivity contribution is -0.385. The van der Waals surface area contributed by atoms with Gasteiger partial charge in [0.15, 0.2) is 0 Å². The van der Waals surface area contributed by atoms with E-state index in [1.54, 1.807) is 18.2 Å². The number of rotatable bonds is 4. The minimum absolute atomic E-state index is 0.150. The molecule has 0 spiro atoms. The molecule has 2 aromatic carbocycles. The molecule has 4 nitrogen and oxygen atoms in total. The van der Waals surface area contributed by atoms with E-state index in [0.717, 1.165) is 5.69 Å². The summed E-state index contributed by atoms with van der Waals surface area (Å²) in [5.41, 5.74) is 2.98. The molecule has 0 unspecified atom stereocenters. The number of nitrogens with zero attached hydrogens (tertiary/aromatic N) is 1. The Labute approximate surface area is 105 Å². The van der Waals surface area contributed by atoms with Crippen molar-refractivity contribution in [2.45, 2.75) is 13.5 Å². The molecule has 0 bridgehead atoms. The minimum Gasteiger partial charge on any atom is -0.381 e. The highest BCUT2D eigenvalue weighted by molar-refractivity contribution is 5.47. The predicted octanol–water partition coefficient (Wildman–Crippen LogP) is 3.52. The zero-order valence-electron chi connectivity index (χ0n) is 10.1. The number of nitro groups is 1. The van der Waals surface area contributed by atoms with Gasteiger partial charge in [0.1, 0.15) is 0 Å². The fraction of sp³-hybridized carbons (Fsp3) is 0.143. The van der Waals surface area contributed by atoms with Crippen molar-refractivity contribution in [3.8, 4) is 0 Å². The molecule has 0 aliphatic heterocycles. The maximum absolute atomic E-state index is 10.9. The van der Waals surface area contributed by atoms with Crippen LogP contribution >= 0.6 is 0 Å². The third kappa shape index (κ3) is 2.85. The van der Waals surface area contributed by atoms with Crippen molar-refractivity contribution in [2.75, 3.05) is 5.32 Å². The average molecular weight is 242 g/mol. The van der Waals surface area contributed by atoms with Crippen LogP contribution in [0.5, 0.6) is 0 Å². The monoisotopic (exact) mass is 242 g/mol. The number of aryl methyl sites for hydroxylation is 1. The van der Waals surface area contributed by atoms with Crippen molar-refractivity contribution in [1.82, 2.24) is 0 Å². The molecule has 0 heterocycles. The van der Waals surface area contributed by atoms with Crippen molar-refractivity contribution in [3.63, 3.8) is 0 Å². The zero-order valence-corrected chi connectivity index (χ0v) is 10.1. The van der Waals surface area contributed by atoms with E-state index in [1.165, 1.54) is 11.6 Å². The number of hydrogen-bond acceptors (Lipinski definition) is 3. The molecule has 0 saturated carbocycles. The zero-order chi connectivity index (χ0) is 13.0. The second-order valence-electron chi connectivity index (χ2n) is 4.11. The summed E-state index contributed by atoms with van der Waals surface area (Å²) in [6, 6.07) is 14.7. The van der Waals surface area contributed by atoms with Gasteiger partial charge in [-0.15, -0.1) is 0 Å². The van der Waals surface area contributed by atoms with E-state index < -0.39 is 0 Å². The highest BCUT2D eigenvalue weighted by Crippen LogP contribution is 2.19. The van der Waals surface area contributed by atoms with Crippen LogP contribution in [0.25, 0.3) is 0 Å². The number of hydrogen-bond donors (Lipinski definition) is 1. The Bertz CT molecular complexity index is 550. The molecular weight excluding hydrogens is 228 g/mol. The van der Waals surface area contributed by atoms with Crippen LogP contribution in [-0.2, 0) is 6.54 Å². The molecule has 0 aromatic heterocycles. The van der Waals surface area contributed by atoms with Crippen LogP contribution in [0.4, 0.5) is 11.4 Å². The van der Waals surface area contributed by atoms with E-state index in [2.05, 4.69) is 5.32 Å². The van der Waals surface area contributed by atoms with Crippen LogP contribution in [0, 0.1) is 17.0 Å². The Morgan fingerprint density at radius 1 is 1.11 bits per heavy atom. The van der Waals surface area contributed by atoms with Crippen LogP contribution < -0.4 is 5.32 Å². The number of nitrogens with one attached hydrogen (secondary N) is 1. The second-order valence-corrected chi connectivity index (χ2v) is 4.11. The molecule has 0 aliphatic rings. The van der Waals surface area contributed by atoms with Crippen LogP contribution in [0.3, 0.4) is 0 Å². The van der Waals surface area contributed by atoms with Gasteiger partial charge in [-0.3, -0.25) is 10.1 Å². The van der Waals surface area contributed by atoms with E-state index in [0.29, 0.717) is 12.1 Å². The van der Waals surface area contributed by atoms with Gasteiger partial charge in [0.2, 0.25) is 0 Å². The summed E-state index contributed by atoms with van der Waals surface area (Å²) >= 11 is 0. The van der Waals surface area contributed by atoms with Crippen molar-refractivity contribution in [1.29, 1.82) is 0 Å². The van der Waals surface area contributed by atoms with E-state index >= 15 is 0 Å². The van der Waals surface area contributed by atoms with Crippen molar-refractivity contribution >= 4 is 11.4 Å². The third-order valence-corrected chi connectivity index (χ3v) is 2.72. The van der Waals surface area contributed by atoms with Crippen molar-refractivity contribution in [2.24, 2.45) is 0 Å². The van der Waals surface area contributed by atoms with Gasteiger partial charge in [-0.25, -0.2) is 0 Å². The normalized spacial score (nSPS) is 10.1. The van der Waals surface area contributed by atoms with E-state index in [4.69, 9.17) is 0 Å². The lowest BCUT2D eigenvalue weighted by Crippen LogP contribution is -2.02. The first-order valence-electron chi connectivity index (χ1n) is 5.69. The molecule has 0 radical (unpaired) electrons.